The molecule has 0 saturated carbocycles. The Kier molecular flexibility index (Phi) is 1.84. The maximum absolute atomic E-state index is 5.46. The van der Waals surface area contributed by atoms with E-state index in [9.17, 15) is 0 Å². The van der Waals surface area contributed by atoms with E-state index < -0.39 is 0 Å². The van der Waals surface area contributed by atoms with Gasteiger partial charge in [0.05, 0.1) is 10.6 Å². The maximum Gasteiger partial charge on any atom is 0.292 e. The highest BCUT2D eigenvalue weighted by molar-refractivity contribution is 7.13. The highest BCUT2D eigenvalue weighted by Gasteiger charge is 2.12. The molecule has 0 radical (unpaired) electrons. The number of nitrogen functional groups attached to an aromatic ring is 1. The van der Waals surface area contributed by atoms with Crippen molar-refractivity contribution in [3.8, 4) is 10.6 Å². The number of rotatable bonds is 1. The molecule has 0 aliphatic carbocycles. The minimum Gasteiger partial charge on any atom is -0.423 e. The topological polar surface area (TPSA) is 52.0 Å². The summed E-state index contributed by atoms with van der Waals surface area (Å²) >= 11 is 1.64. The highest BCUT2D eigenvalue weighted by Crippen LogP contribution is 2.32. The zero-order chi connectivity index (χ0) is 9.42. The smallest absolute Gasteiger partial charge is 0.292 e. The summed E-state index contributed by atoms with van der Waals surface area (Å²) in [4.78, 5) is 5.14. The van der Waals surface area contributed by atoms with E-state index in [0.29, 0.717) is 0 Å². The van der Waals surface area contributed by atoms with Crippen molar-refractivity contribution in [3.05, 3.63) is 22.7 Å². The molecule has 2 rings (SSSR count). The zero-order valence-electron chi connectivity index (χ0n) is 7.50. The second-order valence-corrected chi connectivity index (χ2v) is 3.82. The summed E-state index contributed by atoms with van der Waals surface area (Å²) in [7, 11) is 0. The lowest BCUT2D eigenvalue weighted by Crippen LogP contribution is -1.81. The monoisotopic (exact) mass is 194 g/mol. The molecule has 0 atom stereocenters. The van der Waals surface area contributed by atoms with Crippen LogP contribution in [0.2, 0.25) is 0 Å². The van der Waals surface area contributed by atoms with Crippen molar-refractivity contribution in [2.75, 3.05) is 5.73 Å². The van der Waals surface area contributed by atoms with Gasteiger partial charge in [-0.25, -0.2) is 0 Å². The molecule has 68 valence electrons. The quantitative estimate of drug-likeness (QED) is 0.759. The lowest BCUT2D eigenvalue weighted by molar-refractivity contribution is 0.595. The molecule has 13 heavy (non-hydrogen) atoms. The first-order chi connectivity index (χ1) is 6.18. The van der Waals surface area contributed by atoms with E-state index in [1.807, 2.05) is 19.2 Å². The summed E-state index contributed by atoms with van der Waals surface area (Å²) in [6.45, 7) is 3.94. The van der Waals surface area contributed by atoms with Crippen LogP contribution in [0.15, 0.2) is 15.9 Å². The van der Waals surface area contributed by atoms with Crippen LogP contribution in [-0.2, 0) is 0 Å². The Bertz CT molecular complexity index is 431. The van der Waals surface area contributed by atoms with Crippen LogP contribution in [0, 0.1) is 13.8 Å². The third-order valence-electron chi connectivity index (χ3n) is 1.88. The minimum atomic E-state index is 0.236. The molecule has 0 unspecified atom stereocenters. The Morgan fingerprint density at radius 1 is 1.46 bits per heavy atom. The molecule has 0 amide bonds. The second kappa shape index (κ2) is 2.88. The van der Waals surface area contributed by atoms with Gasteiger partial charge < -0.3 is 10.2 Å². The molecule has 2 aromatic heterocycles. The third kappa shape index (κ3) is 1.33. The lowest BCUT2D eigenvalue weighted by atomic mass is 10.2. The highest BCUT2D eigenvalue weighted by atomic mass is 32.1. The Morgan fingerprint density at radius 2 is 2.23 bits per heavy atom. The van der Waals surface area contributed by atoms with Gasteiger partial charge >= 0.3 is 0 Å². The molecule has 2 N–H and O–H groups in total. The van der Waals surface area contributed by atoms with Crippen LogP contribution in [-0.4, -0.2) is 4.98 Å². The van der Waals surface area contributed by atoms with E-state index in [4.69, 9.17) is 10.2 Å². The van der Waals surface area contributed by atoms with Gasteiger partial charge in [0.1, 0.15) is 0 Å². The van der Waals surface area contributed by atoms with Gasteiger partial charge in [-0.1, -0.05) is 0 Å². The van der Waals surface area contributed by atoms with Gasteiger partial charge in [-0.3, -0.25) is 0 Å². The summed E-state index contributed by atoms with van der Waals surface area (Å²) in [5.41, 5.74) is 7.51. The number of nitrogens with two attached hydrogens (primary N) is 1. The van der Waals surface area contributed by atoms with Crippen LogP contribution in [0.25, 0.3) is 10.6 Å². The zero-order valence-corrected chi connectivity index (χ0v) is 8.31. The summed E-state index contributed by atoms with van der Waals surface area (Å²) in [5, 5.41) is 2.03. The fourth-order valence-electron chi connectivity index (χ4n) is 1.23. The Morgan fingerprint density at radius 3 is 2.69 bits per heavy atom. The molecule has 0 fully saturated rings. The van der Waals surface area contributed by atoms with Crippen molar-refractivity contribution in [1.29, 1.82) is 0 Å². The average molecular weight is 194 g/mol. The van der Waals surface area contributed by atoms with Crippen LogP contribution >= 0.6 is 11.3 Å². The number of aromatic nitrogens is 1. The Labute approximate surface area is 80.2 Å². The summed E-state index contributed by atoms with van der Waals surface area (Å²) in [6, 6.07) is 2.29. The first kappa shape index (κ1) is 8.31. The molecule has 3 nitrogen and oxygen atoms in total. The number of thiophene rings is 1. The fraction of sp³-hybridized carbons (Fsp3) is 0.222. The van der Waals surface area contributed by atoms with Gasteiger partial charge in [0.15, 0.2) is 5.76 Å². The normalized spacial score (nSPS) is 10.6. The number of oxazole rings is 1. The van der Waals surface area contributed by atoms with E-state index in [-0.39, 0.29) is 6.01 Å². The summed E-state index contributed by atoms with van der Waals surface area (Å²) in [6.07, 6.45) is 0. The third-order valence-corrected chi connectivity index (χ3v) is 2.90. The van der Waals surface area contributed by atoms with Crippen LogP contribution in [0.4, 0.5) is 6.01 Å². The first-order valence-electron chi connectivity index (χ1n) is 3.96. The van der Waals surface area contributed by atoms with E-state index in [0.717, 1.165) is 16.3 Å². The lowest BCUT2D eigenvalue weighted by Gasteiger charge is -1.93. The van der Waals surface area contributed by atoms with Crippen molar-refractivity contribution in [2.45, 2.75) is 13.8 Å². The van der Waals surface area contributed by atoms with Crippen LogP contribution in [0.3, 0.4) is 0 Å². The van der Waals surface area contributed by atoms with E-state index in [1.54, 1.807) is 11.3 Å². The molecule has 0 saturated heterocycles. The molecule has 0 aliphatic rings. The van der Waals surface area contributed by atoms with Gasteiger partial charge in [0.2, 0.25) is 0 Å². The first-order valence-corrected chi connectivity index (χ1v) is 4.84. The largest absolute Gasteiger partial charge is 0.423 e. The summed E-state index contributed by atoms with van der Waals surface area (Å²) in [5.74, 6) is 0.796. The maximum atomic E-state index is 5.46. The molecular formula is C9H10N2OS. The van der Waals surface area contributed by atoms with E-state index in [2.05, 4.69) is 11.1 Å². The Hall–Kier alpha value is -1.29. The number of nitrogens with zero attached hydrogens (tertiary/aromatic N) is 1. The van der Waals surface area contributed by atoms with Crippen LogP contribution in [0.1, 0.15) is 11.3 Å². The van der Waals surface area contributed by atoms with Crippen LogP contribution in [0.5, 0.6) is 0 Å². The predicted octanol–water partition coefficient (Wildman–Crippen LogP) is 2.60. The molecule has 0 bridgehead atoms. The van der Waals surface area contributed by atoms with Crippen molar-refractivity contribution >= 4 is 17.4 Å². The molecule has 0 aromatic carbocycles. The fourth-order valence-corrected chi connectivity index (χ4v) is 2.19. The van der Waals surface area contributed by atoms with Gasteiger partial charge in [0.25, 0.3) is 6.01 Å². The van der Waals surface area contributed by atoms with E-state index >= 15 is 0 Å². The second-order valence-electron chi connectivity index (χ2n) is 2.90. The number of hydrogen-bond acceptors (Lipinski definition) is 4. The van der Waals surface area contributed by atoms with E-state index in [1.165, 1.54) is 5.56 Å². The summed E-state index contributed by atoms with van der Waals surface area (Å²) < 4.78 is 5.32. The molecule has 2 aromatic rings. The standard InChI is InChI=1S/C9H10N2OS/c1-5-3-4-13-8(5)7-6(2)11-9(10)12-7/h3-4H,1-2H3,(H2,10,11). The van der Waals surface area contributed by atoms with Crippen molar-refractivity contribution in [3.63, 3.8) is 0 Å². The molecule has 2 heterocycles. The van der Waals surface area contributed by atoms with Crippen molar-refractivity contribution < 1.29 is 4.42 Å². The molecule has 4 heteroatoms. The van der Waals surface area contributed by atoms with Crippen LogP contribution < -0.4 is 5.73 Å². The van der Waals surface area contributed by atoms with Gasteiger partial charge in [0, 0.05) is 0 Å². The number of anilines is 1. The number of hydrogen-bond donors (Lipinski definition) is 1. The molecule has 0 aliphatic heterocycles. The predicted molar refractivity (Wildman–Crippen MR) is 53.7 cm³/mol. The van der Waals surface area contributed by atoms with Gasteiger partial charge in [-0.05, 0) is 30.9 Å². The minimum absolute atomic E-state index is 0.236. The van der Waals surface area contributed by atoms with Crippen molar-refractivity contribution in [2.24, 2.45) is 0 Å². The van der Waals surface area contributed by atoms with Gasteiger partial charge in [-0.15, -0.1) is 11.3 Å². The Balaban J connectivity index is 2.58. The molecular weight excluding hydrogens is 184 g/mol. The number of aryl methyl sites for hydroxylation is 2. The average Bonchev–Trinajstić information content (AvgIpc) is 2.58. The molecule has 0 spiro atoms. The SMILES string of the molecule is Cc1ccsc1-c1oc(N)nc1C. The van der Waals surface area contributed by atoms with Gasteiger partial charge in [-0.2, -0.15) is 4.98 Å². The van der Waals surface area contributed by atoms with Crippen molar-refractivity contribution in [1.82, 2.24) is 4.98 Å².